The van der Waals surface area contributed by atoms with Crippen LogP contribution in [0.15, 0.2) is 5.38 Å². The van der Waals surface area contributed by atoms with E-state index in [1.54, 1.807) is 11.3 Å². The zero-order valence-electron chi connectivity index (χ0n) is 10.6. The Morgan fingerprint density at radius 2 is 2.06 bits per heavy atom. The van der Waals surface area contributed by atoms with Crippen molar-refractivity contribution in [2.75, 3.05) is 18.0 Å². The third-order valence-corrected chi connectivity index (χ3v) is 3.98. The highest BCUT2D eigenvalue weighted by atomic mass is 32.1. The number of nitrogens with two attached hydrogens (primary N) is 1. The predicted molar refractivity (Wildman–Crippen MR) is 72.0 cm³/mol. The Kier molecular flexibility index (Phi) is 5.77. The van der Waals surface area contributed by atoms with Gasteiger partial charge in [0.15, 0.2) is 5.13 Å². The van der Waals surface area contributed by atoms with Gasteiger partial charge in [0.25, 0.3) is 0 Å². The quantitative estimate of drug-likeness (QED) is 0.798. The second kappa shape index (κ2) is 6.86. The van der Waals surface area contributed by atoms with Gasteiger partial charge >= 0.3 is 0 Å². The molecule has 3 nitrogen and oxygen atoms in total. The van der Waals surface area contributed by atoms with Crippen molar-refractivity contribution in [1.29, 1.82) is 0 Å². The molecule has 0 fully saturated rings. The Bertz CT molecular complexity index is 294. The minimum atomic E-state index is 0.541. The molecule has 0 aliphatic heterocycles. The summed E-state index contributed by atoms with van der Waals surface area (Å²) in [7, 11) is 0. The van der Waals surface area contributed by atoms with Crippen molar-refractivity contribution in [2.24, 2.45) is 11.7 Å². The molecule has 0 bridgehead atoms. The van der Waals surface area contributed by atoms with Crippen molar-refractivity contribution in [3.05, 3.63) is 11.1 Å². The van der Waals surface area contributed by atoms with Crippen LogP contribution in [0.3, 0.4) is 0 Å². The van der Waals surface area contributed by atoms with E-state index < -0.39 is 0 Å². The Morgan fingerprint density at radius 3 is 2.50 bits per heavy atom. The van der Waals surface area contributed by atoms with E-state index in [2.05, 4.69) is 36.0 Å². The molecule has 0 radical (unpaired) electrons. The second-order valence-electron chi connectivity index (χ2n) is 4.05. The summed E-state index contributed by atoms with van der Waals surface area (Å²) >= 11 is 1.70. The molecular weight excluding hydrogens is 218 g/mol. The van der Waals surface area contributed by atoms with Gasteiger partial charge in [-0.1, -0.05) is 26.7 Å². The van der Waals surface area contributed by atoms with E-state index in [0.29, 0.717) is 6.54 Å². The maximum Gasteiger partial charge on any atom is 0.185 e. The first-order valence-electron chi connectivity index (χ1n) is 6.14. The minimum Gasteiger partial charge on any atom is -0.348 e. The second-order valence-corrected chi connectivity index (χ2v) is 4.88. The molecule has 1 aromatic rings. The van der Waals surface area contributed by atoms with E-state index in [1.807, 2.05) is 0 Å². The molecule has 0 amide bonds. The fourth-order valence-electron chi connectivity index (χ4n) is 1.74. The zero-order chi connectivity index (χ0) is 12.0. The molecule has 0 aromatic carbocycles. The van der Waals surface area contributed by atoms with Gasteiger partial charge < -0.3 is 10.6 Å². The molecular formula is C12H23N3S. The zero-order valence-corrected chi connectivity index (χ0v) is 11.4. The average molecular weight is 241 g/mol. The van der Waals surface area contributed by atoms with Crippen LogP contribution in [0.4, 0.5) is 5.13 Å². The maximum atomic E-state index is 5.58. The fourth-order valence-corrected chi connectivity index (χ4v) is 2.65. The van der Waals surface area contributed by atoms with Crippen molar-refractivity contribution >= 4 is 16.5 Å². The highest BCUT2D eigenvalue weighted by molar-refractivity contribution is 7.13. The van der Waals surface area contributed by atoms with Gasteiger partial charge in [-0.15, -0.1) is 11.3 Å². The molecule has 0 unspecified atom stereocenters. The fraction of sp³-hybridized carbons (Fsp3) is 0.750. The minimum absolute atomic E-state index is 0.541. The molecule has 1 rings (SSSR count). The molecule has 2 N–H and O–H groups in total. The lowest BCUT2D eigenvalue weighted by atomic mass is 10.0. The van der Waals surface area contributed by atoms with Crippen LogP contribution in [0.1, 0.15) is 39.3 Å². The summed E-state index contributed by atoms with van der Waals surface area (Å²) in [5, 5.41) is 3.18. The standard InChI is InChI=1S/C12H23N3S/c1-4-10(5-2)8-15(6-3)12-14-11(7-13)9-16-12/h9-10H,4-8,13H2,1-3H3. The first-order chi connectivity index (χ1) is 7.74. The van der Waals surface area contributed by atoms with E-state index >= 15 is 0 Å². The monoisotopic (exact) mass is 241 g/mol. The van der Waals surface area contributed by atoms with Crippen molar-refractivity contribution in [3.63, 3.8) is 0 Å². The number of anilines is 1. The van der Waals surface area contributed by atoms with Gasteiger partial charge in [-0.3, -0.25) is 0 Å². The van der Waals surface area contributed by atoms with E-state index in [1.165, 1.54) is 12.8 Å². The number of hydrogen-bond donors (Lipinski definition) is 1. The van der Waals surface area contributed by atoms with Crippen LogP contribution in [-0.4, -0.2) is 18.1 Å². The first-order valence-corrected chi connectivity index (χ1v) is 7.02. The number of aromatic nitrogens is 1. The molecule has 0 saturated carbocycles. The lowest BCUT2D eigenvalue weighted by Crippen LogP contribution is -2.28. The smallest absolute Gasteiger partial charge is 0.185 e. The van der Waals surface area contributed by atoms with E-state index in [0.717, 1.165) is 29.8 Å². The SMILES string of the molecule is CCC(CC)CN(CC)c1nc(CN)cs1. The molecule has 1 heterocycles. The molecule has 4 heteroatoms. The van der Waals surface area contributed by atoms with Gasteiger partial charge in [-0.2, -0.15) is 0 Å². The highest BCUT2D eigenvalue weighted by Crippen LogP contribution is 2.22. The van der Waals surface area contributed by atoms with Gasteiger partial charge in [0, 0.05) is 25.0 Å². The van der Waals surface area contributed by atoms with E-state index in [4.69, 9.17) is 5.73 Å². The normalized spacial score (nSPS) is 11.1. The third-order valence-electron chi connectivity index (χ3n) is 3.03. The number of hydrogen-bond acceptors (Lipinski definition) is 4. The molecule has 92 valence electrons. The molecule has 0 atom stereocenters. The maximum absolute atomic E-state index is 5.58. The summed E-state index contributed by atoms with van der Waals surface area (Å²) in [5.41, 5.74) is 6.59. The van der Waals surface area contributed by atoms with Crippen molar-refractivity contribution in [2.45, 2.75) is 40.2 Å². The largest absolute Gasteiger partial charge is 0.348 e. The molecule has 0 saturated heterocycles. The Morgan fingerprint density at radius 1 is 1.38 bits per heavy atom. The summed E-state index contributed by atoms with van der Waals surface area (Å²) < 4.78 is 0. The summed E-state index contributed by atoms with van der Waals surface area (Å²) in [5.74, 6) is 0.769. The van der Waals surface area contributed by atoms with Crippen LogP contribution < -0.4 is 10.6 Å². The number of thiazole rings is 1. The number of nitrogens with zero attached hydrogens (tertiary/aromatic N) is 2. The van der Waals surface area contributed by atoms with Gasteiger partial charge in [0.05, 0.1) is 5.69 Å². The lowest BCUT2D eigenvalue weighted by molar-refractivity contribution is 0.485. The lowest BCUT2D eigenvalue weighted by Gasteiger charge is -2.24. The third kappa shape index (κ3) is 3.46. The summed E-state index contributed by atoms with van der Waals surface area (Å²) in [6, 6.07) is 0. The summed E-state index contributed by atoms with van der Waals surface area (Å²) in [6.45, 7) is 9.38. The van der Waals surface area contributed by atoms with Crippen molar-refractivity contribution in [1.82, 2.24) is 4.98 Å². The van der Waals surface area contributed by atoms with Gasteiger partial charge in [0.1, 0.15) is 0 Å². The van der Waals surface area contributed by atoms with E-state index in [9.17, 15) is 0 Å². The van der Waals surface area contributed by atoms with Crippen LogP contribution in [0.2, 0.25) is 0 Å². The number of rotatable bonds is 7. The Labute approximate surface area is 103 Å². The van der Waals surface area contributed by atoms with Crippen LogP contribution in [0.25, 0.3) is 0 Å². The van der Waals surface area contributed by atoms with Gasteiger partial charge in [0.2, 0.25) is 0 Å². The first kappa shape index (κ1) is 13.5. The van der Waals surface area contributed by atoms with Gasteiger partial charge in [-0.05, 0) is 12.8 Å². The van der Waals surface area contributed by atoms with Crippen LogP contribution >= 0.6 is 11.3 Å². The summed E-state index contributed by atoms with van der Waals surface area (Å²) in [6.07, 6.45) is 2.48. The molecule has 0 aliphatic carbocycles. The predicted octanol–water partition coefficient (Wildman–Crippen LogP) is 2.86. The van der Waals surface area contributed by atoms with Crippen LogP contribution in [0.5, 0.6) is 0 Å². The topological polar surface area (TPSA) is 42.2 Å². The van der Waals surface area contributed by atoms with Crippen LogP contribution in [-0.2, 0) is 6.54 Å². The van der Waals surface area contributed by atoms with Gasteiger partial charge in [-0.25, -0.2) is 4.98 Å². The van der Waals surface area contributed by atoms with Crippen LogP contribution in [0, 0.1) is 5.92 Å². The Hall–Kier alpha value is -0.610. The van der Waals surface area contributed by atoms with Crippen molar-refractivity contribution in [3.8, 4) is 0 Å². The van der Waals surface area contributed by atoms with Crippen molar-refractivity contribution < 1.29 is 0 Å². The molecule has 1 aromatic heterocycles. The molecule has 0 aliphatic rings. The summed E-state index contributed by atoms with van der Waals surface area (Å²) in [4.78, 5) is 6.90. The Balaban J connectivity index is 2.66. The molecule has 16 heavy (non-hydrogen) atoms. The average Bonchev–Trinajstić information content (AvgIpc) is 2.79. The highest BCUT2D eigenvalue weighted by Gasteiger charge is 2.13. The van der Waals surface area contributed by atoms with E-state index in [-0.39, 0.29) is 0 Å². The molecule has 0 spiro atoms.